The van der Waals surface area contributed by atoms with E-state index in [0.29, 0.717) is 12.6 Å². The molecule has 2 aliphatic rings. The normalized spacial score (nSPS) is 18.2. The molecule has 0 aliphatic carbocycles. The van der Waals surface area contributed by atoms with E-state index < -0.39 is 0 Å². The van der Waals surface area contributed by atoms with Crippen molar-refractivity contribution in [3.8, 4) is 0 Å². The molecule has 0 unspecified atom stereocenters. The lowest BCUT2D eigenvalue weighted by atomic mass is 10.0. The monoisotopic (exact) mass is 364 g/mol. The fraction of sp³-hybridized carbons (Fsp3) is 0.455. The minimum atomic E-state index is 0.235. The van der Waals surface area contributed by atoms with Crippen LogP contribution < -0.4 is 9.80 Å². The van der Waals surface area contributed by atoms with E-state index >= 15 is 0 Å². The lowest BCUT2D eigenvalue weighted by molar-refractivity contribution is -0.120. The number of amides is 1. The molecule has 1 fully saturated rings. The van der Waals surface area contributed by atoms with Crippen LogP contribution in [0.3, 0.4) is 0 Å². The van der Waals surface area contributed by atoms with Gasteiger partial charge < -0.3 is 9.80 Å². The maximum absolute atomic E-state index is 12.9. The molecule has 0 radical (unpaired) electrons. The summed E-state index contributed by atoms with van der Waals surface area (Å²) in [4.78, 5) is 24.0. The van der Waals surface area contributed by atoms with Crippen LogP contribution in [-0.4, -0.2) is 55.1 Å². The van der Waals surface area contributed by atoms with Gasteiger partial charge in [0.05, 0.1) is 6.54 Å². The first-order chi connectivity index (χ1) is 13.2. The van der Waals surface area contributed by atoms with Crippen LogP contribution in [0.2, 0.25) is 0 Å². The number of carbonyl (C=O) groups is 1. The Bertz CT molecular complexity index is 771. The van der Waals surface area contributed by atoms with E-state index in [4.69, 9.17) is 0 Å². The van der Waals surface area contributed by atoms with Gasteiger partial charge >= 0.3 is 0 Å². The van der Waals surface area contributed by atoms with Crippen LogP contribution in [-0.2, 0) is 11.2 Å². The summed E-state index contributed by atoms with van der Waals surface area (Å²) in [5, 5.41) is 0. The van der Waals surface area contributed by atoms with E-state index in [1.54, 1.807) is 0 Å². The molecule has 27 heavy (non-hydrogen) atoms. The first-order valence-electron chi connectivity index (χ1n) is 9.97. The van der Waals surface area contributed by atoms with Gasteiger partial charge in [-0.3, -0.25) is 9.69 Å². The second-order valence-corrected chi connectivity index (χ2v) is 7.58. The maximum Gasteiger partial charge on any atom is 0.241 e. The van der Waals surface area contributed by atoms with Crippen LogP contribution in [0.1, 0.15) is 24.8 Å². The number of benzene rings is 1. The maximum atomic E-state index is 12.9. The molecule has 1 aromatic heterocycles. The number of hydrogen-bond acceptors (Lipinski definition) is 4. The van der Waals surface area contributed by atoms with Gasteiger partial charge in [0.25, 0.3) is 0 Å². The van der Waals surface area contributed by atoms with Crippen molar-refractivity contribution in [1.29, 1.82) is 0 Å². The Morgan fingerprint density at radius 1 is 1.11 bits per heavy atom. The van der Waals surface area contributed by atoms with Gasteiger partial charge in [-0.1, -0.05) is 24.3 Å². The summed E-state index contributed by atoms with van der Waals surface area (Å²) >= 11 is 0. The van der Waals surface area contributed by atoms with E-state index in [9.17, 15) is 4.79 Å². The molecule has 5 heteroatoms. The SMILES string of the molecule is CN(c1ccccn1)C1CCN(CC(=O)N2CCCc3ccccc32)CC1. The highest BCUT2D eigenvalue weighted by Gasteiger charge is 2.27. The third-order valence-corrected chi connectivity index (χ3v) is 5.89. The van der Waals surface area contributed by atoms with Gasteiger partial charge in [-0.25, -0.2) is 4.98 Å². The quantitative estimate of drug-likeness (QED) is 0.836. The number of hydrogen-bond donors (Lipinski definition) is 0. The zero-order chi connectivity index (χ0) is 18.6. The summed E-state index contributed by atoms with van der Waals surface area (Å²) in [5.74, 6) is 1.26. The lowest BCUT2D eigenvalue weighted by Crippen LogP contribution is -2.48. The van der Waals surface area contributed by atoms with Crippen molar-refractivity contribution in [2.45, 2.75) is 31.7 Å². The van der Waals surface area contributed by atoms with Gasteiger partial charge in [-0.05, 0) is 49.4 Å². The molecule has 5 nitrogen and oxygen atoms in total. The van der Waals surface area contributed by atoms with E-state index in [0.717, 1.165) is 56.8 Å². The number of nitrogens with zero attached hydrogens (tertiary/aromatic N) is 4. The summed E-state index contributed by atoms with van der Waals surface area (Å²) in [6.07, 6.45) is 6.11. The van der Waals surface area contributed by atoms with E-state index in [-0.39, 0.29) is 5.91 Å². The van der Waals surface area contributed by atoms with Crippen molar-refractivity contribution in [3.63, 3.8) is 0 Å². The molecule has 0 saturated carbocycles. The number of pyridine rings is 1. The molecular formula is C22H28N4O. The van der Waals surface area contributed by atoms with Gasteiger partial charge in [0.1, 0.15) is 5.82 Å². The number of fused-ring (bicyclic) bond motifs is 1. The molecule has 2 aliphatic heterocycles. The van der Waals surface area contributed by atoms with Crippen molar-refractivity contribution in [2.24, 2.45) is 0 Å². The third kappa shape index (κ3) is 3.98. The Labute approximate surface area is 161 Å². The topological polar surface area (TPSA) is 39.7 Å². The predicted molar refractivity (Wildman–Crippen MR) is 109 cm³/mol. The Kier molecular flexibility index (Phi) is 5.39. The number of aromatic nitrogens is 1. The highest BCUT2D eigenvalue weighted by molar-refractivity contribution is 5.95. The Hall–Kier alpha value is -2.40. The summed E-state index contributed by atoms with van der Waals surface area (Å²) in [6.45, 7) is 3.29. The van der Waals surface area contributed by atoms with E-state index in [1.807, 2.05) is 29.3 Å². The molecule has 142 valence electrons. The molecule has 1 amide bonds. The van der Waals surface area contributed by atoms with Crippen molar-refractivity contribution < 1.29 is 4.79 Å². The highest BCUT2D eigenvalue weighted by Crippen LogP contribution is 2.27. The molecule has 1 saturated heterocycles. The zero-order valence-electron chi connectivity index (χ0n) is 16.1. The number of anilines is 2. The molecular weight excluding hydrogens is 336 g/mol. The number of piperidine rings is 1. The van der Waals surface area contributed by atoms with Crippen LogP contribution in [0.5, 0.6) is 0 Å². The predicted octanol–water partition coefficient (Wildman–Crippen LogP) is 2.96. The number of para-hydroxylation sites is 1. The molecule has 0 atom stereocenters. The standard InChI is InChI=1S/C22H28N4O/c1-24(21-10-4-5-13-23-21)19-11-15-25(16-12-19)17-22(27)26-14-6-8-18-7-2-3-9-20(18)26/h2-5,7,9-10,13,19H,6,8,11-12,14-17H2,1H3. The number of rotatable bonds is 4. The fourth-order valence-electron chi connectivity index (χ4n) is 4.28. The molecule has 3 heterocycles. The minimum Gasteiger partial charge on any atom is -0.357 e. The van der Waals surface area contributed by atoms with Crippen LogP contribution in [0.25, 0.3) is 0 Å². The van der Waals surface area contributed by atoms with Gasteiger partial charge in [0, 0.05) is 44.6 Å². The van der Waals surface area contributed by atoms with Gasteiger partial charge in [-0.15, -0.1) is 0 Å². The summed E-state index contributed by atoms with van der Waals surface area (Å²) < 4.78 is 0. The summed E-state index contributed by atoms with van der Waals surface area (Å²) in [6, 6.07) is 14.9. The number of aryl methyl sites for hydroxylation is 1. The Morgan fingerprint density at radius 2 is 1.89 bits per heavy atom. The van der Waals surface area contributed by atoms with Crippen molar-refractivity contribution in [1.82, 2.24) is 9.88 Å². The fourth-order valence-corrected chi connectivity index (χ4v) is 4.28. The van der Waals surface area contributed by atoms with Crippen LogP contribution in [0.4, 0.5) is 11.5 Å². The van der Waals surface area contributed by atoms with Crippen LogP contribution in [0, 0.1) is 0 Å². The minimum absolute atomic E-state index is 0.235. The van der Waals surface area contributed by atoms with E-state index in [1.165, 1.54) is 5.56 Å². The van der Waals surface area contributed by atoms with Crippen LogP contribution in [0.15, 0.2) is 48.7 Å². The molecule has 2 aromatic rings. The average molecular weight is 364 g/mol. The molecule has 4 rings (SSSR count). The number of likely N-dealkylation sites (tertiary alicyclic amines) is 1. The largest absolute Gasteiger partial charge is 0.357 e. The number of carbonyl (C=O) groups excluding carboxylic acids is 1. The van der Waals surface area contributed by atoms with Gasteiger partial charge in [-0.2, -0.15) is 0 Å². The second kappa shape index (κ2) is 8.09. The van der Waals surface area contributed by atoms with Gasteiger partial charge in [0.2, 0.25) is 5.91 Å². The Balaban J connectivity index is 1.33. The molecule has 1 aromatic carbocycles. The van der Waals surface area contributed by atoms with Crippen LogP contribution >= 0.6 is 0 Å². The Morgan fingerprint density at radius 3 is 2.67 bits per heavy atom. The lowest BCUT2D eigenvalue weighted by Gasteiger charge is -2.38. The van der Waals surface area contributed by atoms with Crippen molar-refractivity contribution >= 4 is 17.4 Å². The molecule has 0 N–H and O–H groups in total. The second-order valence-electron chi connectivity index (χ2n) is 7.58. The third-order valence-electron chi connectivity index (χ3n) is 5.89. The summed E-state index contributed by atoms with van der Waals surface area (Å²) in [7, 11) is 2.12. The first kappa shape index (κ1) is 18.0. The molecule has 0 spiro atoms. The summed E-state index contributed by atoms with van der Waals surface area (Å²) in [5.41, 5.74) is 2.41. The average Bonchev–Trinajstić information content (AvgIpc) is 2.74. The highest BCUT2D eigenvalue weighted by atomic mass is 16.2. The van der Waals surface area contributed by atoms with Crippen molar-refractivity contribution in [2.75, 3.05) is 43.0 Å². The first-order valence-corrected chi connectivity index (χ1v) is 9.97. The molecule has 0 bridgehead atoms. The van der Waals surface area contributed by atoms with Gasteiger partial charge in [0.15, 0.2) is 0 Å². The van der Waals surface area contributed by atoms with E-state index in [2.05, 4.69) is 46.1 Å². The smallest absolute Gasteiger partial charge is 0.241 e. The zero-order valence-corrected chi connectivity index (χ0v) is 16.1. The van der Waals surface area contributed by atoms with Crippen molar-refractivity contribution in [3.05, 3.63) is 54.2 Å².